The van der Waals surface area contributed by atoms with Gasteiger partial charge in [-0.3, -0.25) is 0 Å². The zero-order valence-electron chi connectivity index (χ0n) is 92.2. The standard InChI is InChI=1S/C46H30N2S.C43H27N5.C39H25N3S/c1-4-13-31(14-5-1)37-26-38(35-20-12-19-34(25-35)36-23-24-45-41(29-36)40-21-10-11-22-44(40)49-45)28-39(27-37)46-47-42(32-15-6-2-7-16-32)30-43(48-46)33-17-8-3-9-18-33;1-3-13-28(14-4-1)41-46-42(29-15-5-2-6-16-29)48-43(47-41)33-20-12-18-31(26-33)30-17-11-19-32(25-30)40-44-27-38-36-23-8-7-21-34(36)35-22-9-10-24-37(35)39(38)45-40;1-3-11-27(12-4-1)37-40-38(28-13-5-2-6-14-28)42-39(41-37)29-23-21-26(22-24-29)30-15-9-16-31(25-30)32-18-10-19-34-33-17-7-8-20-35(33)43-36(32)34/h1-30H;1-27H;1-25H/i2D,3D,6D,7D,8D,9D,15D,16D,17D;;1D,2D,3D,4D,5D,6D,11D,12D,13D. The highest BCUT2D eigenvalue weighted by atomic mass is 32.1. The van der Waals surface area contributed by atoms with Crippen LogP contribution in [0.1, 0.15) is 24.7 Å². The third-order valence-electron chi connectivity index (χ3n) is 24.5. The van der Waals surface area contributed by atoms with E-state index in [9.17, 15) is 0 Å². The van der Waals surface area contributed by atoms with Crippen molar-refractivity contribution < 1.29 is 24.7 Å². The molecule has 0 bridgehead atoms. The molecule has 0 aliphatic rings. The van der Waals surface area contributed by atoms with Crippen LogP contribution in [0.5, 0.6) is 0 Å². The van der Waals surface area contributed by atoms with Crippen molar-refractivity contribution in [2.75, 3.05) is 0 Å². The SMILES string of the molecule is [2H]c1cc(-c2cc(-c3c([2H])c([2H])c([2H])c([2H])c3[2H])nc(-c3cc(-c4ccccc4)cc(-c4cccc(-c5ccc6sc7ccccc7c6c5)c4)c3)n2)c([2H])c([2H])c1[2H].[2H]c1cc(-c2nc(-c3ccc(-c4cccc(-c5cccc6c5sc5ccccc56)c4)cc3)nc(-c3c([2H])c([2H])c([2H])c([2H])c3[2H])n2)c([2H])c([2H])c1[2H].c1ccc(-c2nc(-c3ccccc3)nc(-c3cccc(-c4cccc(-c5ncc6c7ccccc7c7ccccc7c6n5)c4)c3)n2)cc1. The van der Waals surface area contributed by atoms with E-state index in [0.29, 0.717) is 34.4 Å². The second kappa shape index (κ2) is 37.9. The summed E-state index contributed by atoms with van der Waals surface area (Å²) in [7, 11) is 0. The lowest BCUT2D eigenvalue weighted by Crippen LogP contribution is -2.00. The van der Waals surface area contributed by atoms with Gasteiger partial charge in [0.15, 0.2) is 46.6 Å². The van der Waals surface area contributed by atoms with Crippen LogP contribution >= 0.6 is 22.7 Å². The molecule has 0 saturated carbocycles. The van der Waals surface area contributed by atoms with Gasteiger partial charge in [0.1, 0.15) is 0 Å². The van der Waals surface area contributed by atoms with Gasteiger partial charge in [-0.25, -0.2) is 49.8 Å². The van der Waals surface area contributed by atoms with E-state index in [1.165, 1.54) is 69.3 Å². The van der Waals surface area contributed by atoms with Crippen molar-refractivity contribution in [2.24, 2.45) is 0 Å². The molecule has 656 valence electrons. The number of hydrogen-bond acceptors (Lipinski definition) is 12. The van der Waals surface area contributed by atoms with Gasteiger partial charge in [-0.1, -0.05) is 418 Å². The molecule has 26 aromatic rings. The van der Waals surface area contributed by atoms with Crippen molar-refractivity contribution in [2.45, 2.75) is 0 Å². The third kappa shape index (κ3) is 17.4. The number of nitrogens with zero attached hydrogens (tertiary/aromatic N) is 10. The fourth-order valence-corrected chi connectivity index (χ4v) is 20.0. The summed E-state index contributed by atoms with van der Waals surface area (Å²) in [5.74, 6) is 2.47. The van der Waals surface area contributed by atoms with Crippen molar-refractivity contribution in [1.82, 2.24) is 49.8 Å². The van der Waals surface area contributed by atoms with Crippen LogP contribution in [0.25, 0.3) is 253 Å². The first-order chi connectivity index (χ1) is 76.8. The van der Waals surface area contributed by atoms with Crippen LogP contribution in [-0.2, 0) is 0 Å². The van der Waals surface area contributed by atoms with Crippen LogP contribution in [0.4, 0.5) is 0 Å². The van der Waals surface area contributed by atoms with E-state index < -0.39 is 84.6 Å². The number of rotatable bonds is 16. The smallest absolute Gasteiger partial charge is 0.164 e. The van der Waals surface area contributed by atoms with Crippen molar-refractivity contribution in [1.29, 1.82) is 0 Å². The average molecular weight is 1840 g/mol. The summed E-state index contributed by atoms with van der Waals surface area (Å²) in [6.07, 6.45) is 1.97. The van der Waals surface area contributed by atoms with Gasteiger partial charge in [-0.05, 0) is 156 Å². The van der Waals surface area contributed by atoms with Gasteiger partial charge in [0.05, 0.1) is 41.6 Å². The second-order valence-electron chi connectivity index (χ2n) is 33.2. The number of fused-ring (bicyclic) bond motifs is 12. The van der Waals surface area contributed by atoms with E-state index in [2.05, 4.69) is 221 Å². The Balaban J connectivity index is 0.000000125. The topological polar surface area (TPSA) is 129 Å². The van der Waals surface area contributed by atoms with Gasteiger partial charge in [-0.15, -0.1) is 22.7 Å². The van der Waals surface area contributed by atoms with Crippen molar-refractivity contribution in [3.8, 4) is 180 Å². The molecule has 140 heavy (non-hydrogen) atoms. The Kier molecular flexibility index (Phi) is 18.2. The Hall–Kier alpha value is -18.2. The van der Waals surface area contributed by atoms with Gasteiger partial charge >= 0.3 is 0 Å². The normalized spacial score (nSPS) is 13.1. The molecule has 0 N–H and O–H groups in total. The van der Waals surface area contributed by atoms with Crippen LogP contribution in [0, 0.1) is 0 Å². The zero-order valence-corrected chi connectivity index (χ0v) is 75.9. The van der Waals surface area contributed by atoms with Crippen molar-refractivity contribution in [3.63, 3.8) is 0 Å². The first-order valence-electron chi connectivity index (χ1n) is 54.2. The quantitative estimate of drug-likeness (QED) is 0.0862. The lowest BCUT2D eigenvalue weighted by atomic mass is 9.93. The molecule has 0 radical (unpaired) electrons. The predicted molar refractivity (Wildman–Crippen MR) is 583 cm³/mol. The van der Waals surface area contributed by atoms with Crippen molar-refractivity contribution >= 4 is 95.5 Å². The molecule has 12 heteroatoms. The number of aromatic nitrogens is 10. The monoisotopic (exact) mass is 1840 g/mol. The van der Waals surface area contributed by atoms with E-state index in [4.69, 9.17) is 59.6 Å². The van der Waals surface area contributed by atoms with Gasteiger partial charge < -0.3 is 0 Å². The molecule has 0 atom stereocenters. The highest BCUT2D eigenvalue weighted by Gasteiger charge is 2.22. The minimum Gasteiger partial charge on any atom is -0.236 e. The van der Waals surface area contributed by atoms with E-state index in [1.54, 1.807) is 34.8 Å². The summed E-state index contributed by atoms with van der Waals surface area (Å²) in [6.45, 7) is 0. The van der Waals surface area contributed by atoms with Crippen LogP contribution in [0.15, 0.2) is 497 Å². The van der Waals surface area contributed by atoms with E-state index in [1.807, 2.05) is 152 Å². The molecule has 6 heterocycles. The fraction of sp³-hybridized carbons (Fsp3) is 0. The van der Waals surface area contributed by atoms with E-state index in [0.717, 1.165) is 111 Å². The lowest BCUT2D eigenvalue weighted by molar-refractivity contribution is 1.07. The summed E-state index contributed by atoms with van der Waals surface area (Å²) in [5.41, 5.74) is 17.4. The molecule has 0 saturated heterocycles. The molecular formula is C128H82N10S2. The van der Waals surface area contributed by atoms with Gasteiger partial charge in [0.25, 0.3) is 0 Å². The summed E-state index contributed by atoms with van der Waals surface area (Å²) in [4.78, 5) is 48.0. The maximum absolute atomic E-state index is 8.77. The highest BCUT2D eigenvalue weighted by Crippen LogP contribution is 2.45. The third-order valence-corrected chi connectivity index (χ3v) is 26.8. The van der Waals surface area contributed by atoms with Crippen LogP contribution in [0.3, 0.4) is 0 Å². The first-order valence-corrected chi connectivity index (χ1v) is 46.8. The first kappa shape index (κ1) is 67.1. The summed E-state index contributed by atoms with van der Waals surface area (Å²) < 4.78 is 155. The van der Waals surface area contributed by atoms with E-state index >= 15 is 0 Å². The fourth-order valence-electron chi connectivity index (χ4n) is 17.7. The molecular weight excluding hydrogens is 1740 g/mol. The molecule has 20 aromatic carbocycles. The Morgan fingerprint density at radius 2 is 0.507 bits per heavy atom. The van der Waals surface area contributed by atoms with Crippen LogP contribution in [-0.4, -0.2) is 49.8 Å². The zero-order chi connectivity index (χ0) is 109. The summed E-state index contributed by atoms with van der Waals surface area (Å²) >= 11 is 3.55. The Morgan fingerprint density at radius 1 is 0.164 bits per heavy atom. The molecule has 26 rings (SSSR count). The van der Waals surface area contributed by atoms with E-state index in [-0.39, 0.29) is 81.1 Å². The Labute approximate surface area is 842 Å². The molecule has 0 unspecified atom stereocenters. The average Bonchev–Trinajstić information content (AvgIpc) is 1.12. The van der Waals surface area contributed by atoms with Gasteiger partial charge in [0.2, 0.25) is 0 Å². The summed E-state index contributed by atoms with van der Waals surface area (Å²) in [5, 5.41) is 10.6. The highest BCUT2D eigenvalue weighted by molar-refractivity contribution is 7.26. The minimum absolute atomic E-state index is 0.00872. The molecule has 6 aromatic heterocycles. The van der Waals surface area contributed by atoms with Crippen LogP contribution < -0.4 is 0 Å². The Morgan fingerprint density at radius 3 is 1.12 bits per heavy atom. The van der Waals surface area contributed by atoms with Gasteiger partial charge in [0, 0.05) is 113 Å². The van der Waals surface area contributed by atoms with Crippen LogP contribution in [0.2, 0.25) is 0 Å². The number of benzene rings is 20. The number of hydrogen-bond donors (Lipinski definition) is 0. The number of thiophene rings is 2. The molecule has 10 nitrogen and oxygen atoms in total. The van der Waals surface area contributed by atoms with Gasteiger partial charge in [-0.2, -0.15) is 0 Å². The molecule has 0 amide bonds. The second-order valence-corrected chi connectivity index (χ2v) is 35.3. The maximum atomic E-state index is 8.77. The maximum Gasteiger partial charge on any atom is 0.164 e. The lowest BCUT2D eigenvalue weighted by Gasteiger charge is -2.13. The molecule has 0 spiro atoms. The minimum atomic E-state index is -0.564. The molecule has 0 fully saturated rings. The Bertz CT molecular complexity index is 10200. The largest absolute Gasteiger partial charge is 0.236 e. The molecule has 0 aliphatic heterocycles. The molecule has 0 aliphatic carbocycles. The summed E-state index contributed by atoms with van der Waals surface area (Å²) in [6, 6.07) is 119. The van der Waals surface area contributed by atoms with Crippen molar-refractivity contribution in [3.05, 3.63) is 497 Å². The predicted octanol–water partition coefficient (Wildman–Crippen LogP) is 33.9.